The van der Waals surface area contributed by atoms with E-state index in [-0.39, 0.29) is 4.88 Å². The van der Waals surface area contributed by atoms with Crippen LogP contribution in [0, 0.1) is 18.3 Å². The predicted octanol–water partition coefficient (Wildman–Crippen LogP) is 2.97. The third-order valence-corrected chi connectivity index (χ3v) is 4.07. The third kappa shape index (κ3) is 1.85. The summed E-state index contributed by atoms with van der Waals surface area (Å²) in [5.41, 5.74) is 2.06. The summed E-state index contributed by atoms with van der Waals surface area (Å²) in [6, 6.07) is 10.8. The first-order valence-corrected chi connectivity index (χ1v) is 6.65. The van der Waals surface area contributed by atoms with Gasteiger partial charge in [-0.25, -0.2) is 9.48 Å². The van der Waals surface area contributed by atoms with Gasteiger partial charge in [0.05, 0.1) is 23.0 Å². The Morgan fingerprint density at radius 3 is 2.95 bits per heavy atom. The Morgan fingerprint density at radius 1 is 1.45 bits per heavy atom. The van der Waals surface area contributed by atoms with Gasteiger partial charge in [-0.05, 0) is 31.2 Å². The minimum Gasteiger partial charge on any atom is -0.477 e. The molecule has 3 aromatic rings. The number of carboxylic acid groups (broad SMARTS) is 1. The number of nitriles is 1. The van der Waals surface area contributed by atoms with Crippen molar-refractivity contribution in [3.63, 3.8) is 0 Å². The molecule has 0 amide bonds. The Kier molecular flexibility index (Phi) is 2.77. The van der Waals surface area contributed by atoms with Gasteiger partial charge in [0.1, 0.15) is 9.71 Å². The van der Waals surface area contributed by atoms with Crippen LogP contribution in [0.4, 0.5) is 0 Å². The second kappa shape index (κ2) is 4.47. The van der Waals surface area contributed by atoms with Crippen molar-refractivity contribution < 1.29 is 9.90 Å². The number of aromatic nitrogens is 2. The molecule has 0 aliphatic rings. The van der Waals surface area contributed by atoms with E-state index in [9.17, 15) is 4.79 Å². The molecule has 0 fully saturated rings. The number of nitrogens with zero attached hydrogens (tertiary/aromatic N) is 3. The lowest BCUT2D eigenvalue weighted by Crippen LogP contribution is -1.96. The van der Waals surface area contributed by atoms with E-state index in [1.54, 1.807) is 28.9 Å². The summed E-state index contributed by atoms with van der Waals surface area (Å²) in [4.78, 5) is 12.1. The molecule has 2 heterocycles. The Bertz CT molecular complexity index is 870. The van der Waals surface area contributed by atoms with Crippen LogP contribution in [0.1, 0.15) is 20.9 Å². The lowest BCUT2D eigenvalue weighted by molar-refractivity contribution is 0.0702. The van der Waals surface area contributed by atoms with Crippen LogP contribution in [0.3, 0.4) is 0 Å². The molecular weight excluding hydrogens is 274 g/mol. The van der Waals surface area contributed by atoms with Crippen molar-refractivity contribution in [1.82, 2.24) is 9.78 Å². The van der Waals surface area contributed by atoms with E-state index in [1.165, 1.54) is 11.3 Å². The van der Waals surface area contributed by atoms with Crippen molar-refractivity contribution in [1.29, 1.82) is 5.26 Å². The van der Waals surface area contributed by atoms with Gasteiger partial charge in [0.15, 0.2) is 0 Å². The van der Waals surface area contributed by atoms with E-state index >= 15 is 0 Å². The van der Waals surface area contributed by atoms with Gasteiger partial charge in [0.2, 0.25) is 0 Å². The van der Waals surface area contributed by atoms with E-state index in [1.807, 2.05) is 13.0 Å². The van der Waals surface area contributed by atoms with Crippen LogP contribution in [-0.4, -0.2) is 20.9 Å². The van der Waals surface area contributed by atoms with Gasteiger partial charge in [-0.3, -0.25) is 0 Å². The zero-order valence-electron chi connectivity index (χ0n) is 10.5. The molecule has 0 aliphatic carbocycles. The number of carbonyl (C=O) groups is 1. The molecule has 0 aliphatic heterocycles. The smallest absolute Gasteiger partial charge is 0.345 e. The van der Waals surface area contributed by atoms with Crippen LogP contribution in [0.2, 0.25) is 0 Å². The van der Waals surface area contributed by atoms with E-state index in [0.29, 0.717) is 5.56 Å². The number of benzene rings is 1. The van der Waals surface area contributed by atoms with E-state index in [2.05, 4.69) is 11.2 Å². The Balaban J connectivity index is 2.25. The van der Waals surface area contributed by atoms with Crippen LogP contribution in [0.15, 0.2) is 30.3 Å². The number of aromatic carboxylic acids is 1. The van der Waals surface area contributed by atoms with Gasteiger partial charge in [-0.2, -0.15) is 10.4 Å². The molecular formula is C14H9N3O2S. The third-order valence-electron chi connectivity index (χ3n) is 2.98. The fraction of sp³-hybridized carbons (Fsp3) is 0.0714. The highest BCUT2D eigenvalue weighted by Gasteiger charge is 2.16. The van der Waals surface area contributed by atoms with Gasteiger partial charge in [-0.1, -0.05) is 6.07 Å². The van der Waals surface area contributed by atoms with Gasteiger partial charge in [0, 0.05) is 5.39 Å². The highest BCUT2D eigenvalue weighted by atomic mass is 32.1. The van der Waals surface area contributed by atoms with Crippen LogP contribution in [0.25, 0.3) is 15.9 Å². The second-order valence-electron chi connectivity index (χ2n) is 4.29. The Hall–Kier alpha value is -2.65. The van der Waals surface area contributed by atoms with Gasteiger partial charge in [-0.15, -0.1) is 11.3 Å². The SMILES string of the molecule is Cc1nn(-c2cccc(C#N)c2)c2sc(C(=O)O)cc12. The summed E-state index contributed by atoms with van der Waals surface area (Å²) in [6.45, 7) is 1.84. The van der Waals surface area contributed by atoms with E-state index in [4.69, 9.17) is 10.4 Å². The fourth-order valence-corrected chi connectivity index (χ4v) is 3.06. The molecule has 0 saturated carbocycles. The van der Waals surface area contributed by atoms with E-state index in [0.717, 1.165) is 21.6 Å². The number of fused-ring (bicyclic) bond motifs is 1. The molecule has 3 rings (SSSR count). The number of rotatable bonds is 2. The van der Waals surface area contributed by atoms with Gasteiger partial charge in [0.25, 0.3) is 0 Å². The molecule has 0 saturated heterocycles. The molecule has 1 aromatic carbocycles. The largest absolute Gasteiger partial charge is 0.477 e. The van der Waals surface area contributed by atoms with Crippen molar-refractivity contribution in [3.05, 3.63) is 46.5 Å². The molecule has 2 aromatic heterocycles. The van der Waals surface area contributed by atoms with Crippen LogP contribution >= 0.6 is 11.3 Å². The van der Waals surface area contributed by atoms with Gasteiger partial charge < -0.3 is 5.11 Å². The zero-order chi connectivity index (χ0) is 14.3. The molecule has 0 unspecified atom stereocenters. The van der Waals surface area contributed by atoms with Crippen LogP contribution in [-0.2, 0) is 0 Å². The van der Waals surface area contributed by atoms with Crippen molar-refractivity contribution in [2.24, 2.45) is 0 Å². The summed E-state index contributed by atoms with van der Waals surface area (Å²) in [5, 5.41) is 23.3. The maximum absolute atomic E-state index is 11.1. The highest BCUT2D eigenvalue weighted by molar-refractivity contribution is 7.20. The minimum atomic E-state index is -0.942. The molecule has 1 N–H and O–H groups in total. The van der Waals surface area contributed by atoms with Crippen LogP contribution in [0.5, 0.6) is 0 Å². The van der Waals surface area contributed by atoms with Gasteiger partial charge >= 0.3 is 5.97 Å². The quantitative estimate of drug-likeness (QED) is 0.784. The van der Waals surface area contributed by atoms with Crippen molar-refractivity contribution in [3.8, 4) is 11.8 Å². The van der Waals surface area contributed by atoms with Crippen molar-refractivity contribution >= 4 is 27.5 Å². The molecule has 5 nitrogen and oxygen atoms in total. The maximum atomic E-state index is 11.1. The second-order valence-corrected chi connectivity index (χ2v) is 5.32. The molecule has 20 heavy (non-hydrogen) atoms. The molecule has 0 radical (unpaired) electrons. The van der Waals surface area contributed by atoms with Crippen molar-refractivity contribution in [2.75, 3.05) is 0 Å². The fourth-order valence-electron chi connectivity index (χ4n) is 2.03. The lowest BCUT2D eigenvalue weighted by atomic mass is 10.2. The minimum absolute atomic E-state index is 0.283. The maximum Gasteiger partial charge on any atom is 0.345 e. The summed E-state index contributed by atoms with van der Waals surface area (Å²) in [5.74, 6) is -0.942. The lowest BCUT2D eigenvalue weighted by Gasteiger charge is -2.02. The topological polar surface area (TPSA) is 78.9 Å². The van der Waals surface area contributed by atoms with E-state index < -0.39 is 5.97 Å². The van der Waals surface area contributed by atoms with Crippen LogP contribution < -0.4 is 0 Å². The molecule has 0 spiro atoms. The molecule has 0 atom stereocenters. The molecule has 0 bridgehead atoms. The zero-order valence-corrected chi connectivity index (χ0v) is 11.3. The monoisotopic (exact) mass is 283 g/mol. The number of aryl methyl sites for hydroxylation is 1. The Morgan fingerprint density at radius 2 is 2.25 bits per heavy atom. The number of hydrogen-bond acceptors (Lipinski definition) is 4. The Labute approximate surface area is 118 Å². The first-order valence-electron chi connectivity index (χ1n) is 5.83. The number of thiophene rings is 1. The average Bonchev–Trinajstić information content (AvgIpc) is 3.00. The summed E-state index contributed by atoms with van der Waals surface area (Å²) in [7, 11) is 0. The number of carboxylic acids is 1. The molecule has 98 valence electrons. The van der Waals surface area contributed by atoms with Crippen molar-refractivity contribution in [2.45, 2.75) is 6.92 Å². The molecule has 6 heteroatoms. The number of hydrogen-bond donors (Lipinski definition) is 1. The average molecular weight is 283 g/mol. The standard InChI is InChI=1S/C14H9N3O2S/c1-8-11-6-12(14(18)19)20-13(11)17(16-8)10-4-2-3-9(5-10)7-15/h2-6H,1H3,(H,18,19). The first kappa shape index (κ1) is 12.4. The summed E-state index contributed by atoms with van der Waals surface area (Å²) >= 11 is 1.18. The normalized spacial score (nSPS) is 10.6. The summed E-state index contributed by atoms with van der Waals surface area (Å²) in [6.07, 6.45) is 0. The highest BCUT2D eigenvalue weighted by Crippen LogP contribution is 2.30. The predicted molar refractivity (Wildman–Crippen MR) is 75.4 cm³/mol. The first-order chi connectivity index (χ1) is 9.60. The summed E-state index contributed by atoms with van der Waals surface area (Å²) < 4.78 is 1.68.